The van der Waals surface area contributed by atoms with E-state index in [1.165, 1.54) is 4.57 Å². The van der Waals surface area contributed by atoms with Gasteiger partial charge in [0, 0.05) is 67.6 Å². The maximum absolute atomic E-state index is 12.7. The van der Waals surface area contributed by atoms with Crippen molar-refractivity contribution in [3.05, 3.63) is 49.9 Å². The minimum Gasteiger partial charge on any atom is -0.408 e. The number of hydrogen-bond donors (Lipinski definition) is 0. The second-order valence-electron chi connectivity index (χ2n) is 8.93. The molecule has 1 aliphatic rings. The van der Waals surface area contributed by atoms with Gasteiger partial charge in [0.25, 0.3) is 0 Å². The van der Waals surface area contributed by atoms with Crippen molar-refractivity contribution in [2.24, 2.45) is 0 Å². The third-order valence-corrected chi connectivity index (χ3v) is 7.04. The largest absolute Gasteiger partial charge is 0.419 e. The highest BCUT2D eigenvalue weighted by Crippen LogP contribution is 2.26. The van der Waals surface area contributed by atoms with E-state index >= 15 is 0 Å². The van der Waals surface area contributed by atoms with Gasteiger partial charge in [-0.1, -0.05) is 32.4 Å². The van der Waals surface area contributed by atoms with Crippen molar-refractivity contribution in [2.45, 2.75) is 45.7 Å². The summed E-state index contributed by atoms with van der Waals surface area (Å²) in [4.78, 5) is 33.8. The molecule has 0 unspecified atom stereocenters. The van der Waals surface area contributed by atoms with Gasteiger partial charge < -0.3 is 9.32 Å². The summed E-state index contributed by atoms with van der Waals surface area (Å²) in [6.07, 6.45) is 0.262. The van der Waals surface area contributed by atoms with Crippen LogP contribution < -0.4 is 5.76 Å². The van der Waals surface area contributed by atoms with Crippen LogP contribution in [0.2, 0.25) is 5.02 Å². The minimum absolute atomic E-state index is 0.0542. The predicted octanol–water partition coefficient (Wildman–Crippen LogP) is 3.74. The van der Waals surface area contributed by atoms with Gasteiger partial charge in [0.2, 0.25) is 5.91 Å². The van der Waals surface area contributed by atoms with Crippen molar-refractivity contribution in [1.82, 2.24) is 19.4 Å². The van der Waals surface area contributed by atoms with Gasteiger partial charge in [0.1, 0.15) is 0 Å². The Balaban J connectivity index is 1.29. The molecule has 1 saturated heterocycles. The van der Waals surface area contributed by atoms with Crippen LogP contribution in [0.15, 0.2) is 32.8 Å². The first kappa shape index (κ1) is 22.0. The molecule has 0 bridgehead atoms. The first-order valence-corrected chi connectivity index (χ1v) is 11.7. The highest BCUT2D eigenvalue weighted by atomic mass is 35.5. The Labute approximate surface area is 190 Å². The number of piperazine rings is 1. The summed E-state index contributed by atoms with van der Waals surface area (Å²) in [6.45, 7) is 10.6. The molecular weight excluding hydrogens is 436 g/mol. The number of halogens is 1. The predicted molar refractivity (Wildman–Crippen MR) is 123 cm³/mol. The van der Waals surface area contributed by atoms with E-state index in [4.69, 9.17) is 21.0 Å². The van der Waals surface area contributed by atoms with E-state index in [0.717, 1.165) is 30.3 Å². The number of amides is 1. The molecule has 0 saturated carbocycles. The van der Waals surface area contributed by atoms with Crippen LogP contribution in [0.4, 0.5) is 0 Å². The van der Waals surface area contributed by atoms with E-state index < -0.39 is 5.76 Å². The van der Waals surface area contributed by atoms with Crippen molar-refractivity contribution < 1.29 is 9.21 Å². The zero-order chi connectivity index (χ0) is 22.2. The molecule has 1 fully saturated rings. The molecule has 0 atom stereocenters. The maximum atomic E-state index is 12.7. The number of aryl methyl sites for hydroxylation is 1. The molecule has 3 aromatic rings. The van der Waals surface area contributed by atoms with Crippen LogP contribution in [0.5, 0.6) is 0 Å². The average molecular weight is 463 g/mol. The molecule has 0 N–H and O–H groups in total. The number of carbonyl (C=O) groups is 1. The van der Waals surface area contributed by atoms with Gasteiger partial charge in [0.05, 0.1) is 16.2 Å². The van der Waals surface area contributed by atoms with E-state index in [0.29, 0.717) is 35.8 Å². The van der Waals surface area contributed by atoms with Crippen LogP contribution in [0.25, 0.3) is 11.1 Å². The zero-order valence-corrected chi connectivity index (χ0v) is 19.6. The third-order valence-electron chi connectivity index (χ3n) is 5.48. The van der Waals surface area contributed by atoms with Crippen molar-refractivity contribution in [3.8, 4) is 0 Å². The third kappa shape index (κ3) is 5.02. The van der Waals surface area contributed by atoms with E-state index in [1.54, 1.807) is 29.5 Å². The summed E-state index contributed by atoms with van der Waals surface area (Å²) in [7, 11) is 0. The van der Waals surface area contributed by atoms with Crippen LogP contribution in [-0.2, 0) is 23.3 Å². The lowest BCUT2D eigenvalue weighted by Crippen LogP contribution is -2.48. The molecule has 2 aromatic heterocycles. The SMILES string of the molecule is CC(C)(C)c1nc(CN2CCN(C(=O)CCn3c(=O)oc4cc(Cl)ccc43)CC2)cs1. The maximum Gasteiger partial charge on any atom is 0.419 e. The quantitative estimate of drug-likeness (QED) is 0.577. The lowest BCUT2D eigenvalue weighted by Gasteiger charge is -2.34. The van der Waals surface area contributed by atoms with Gasteiger partial charge in [-0.05, 0) is 12.1 Å². The van der Waals surface area contributed by atoms with Gasteiger partial charge >= 0.3 is 5.76 Å². The number of thiazole rings is 1. The highest BCUT2D eigenvalue weighted by molar-refractivity contribution is 7.09. The molecule has 0 radical (unpaired) electrons. The minimum atomic E-state index is -0.465. The Morgan fingerprint density at radius 3 is 2.65 bits per heavy atom. The molecule has 0 spiro atoms. The van der Waals surface area contributed by atoms with Gasteiger partial charge in [-0.15, -0.1) is 11.3 Å². The molecule has 7 nitrogen and oxygen atoms in total. The molecule has 1 aromatic carbocycles. The summed E-state index contributed by atoms with van der Waals surface area (Å²) in [6, 6.07) is 5.07. The van der Waals surface area contributed by atoms with Crippen molar-refractivity contribution in [1.29, 1.82) is 0 Å². The molecule has 3 heterocycles. The topological polar surface area (TPSA) is 71.6 Å². The van der Waals surface area contributed by atoms with E-state index in [-0.39, 0.29) is 17.7 Å². The van der Waals surface area contributed by atoms with Crippen LogP contribution in [0.3, 0.4) is 0 Å². The fraction of sp³-hybridized carbons (Fsp3) is 0.500. The number of oxazole rings is 1. The summed E-state index contributed by atoms with van der Waals surface area (Å²) in [5.41, 5.74) is 2.27. The molecule has 0 aliphatic carbocycles. The normalized spacial score (nSPS) is 15.7. The molecule has 1 aliphatic heterocycles. The Bertz CT molecular complexity index is 1140. The van der Waals surface area contributed by atoms with Crippen LogP contribution in [0.1, 0.15) is 37.9 Å². The lowest BCUT2D eigenvalue weighted by molar-refractivity contribution is -0.133. The number of hydrogen-bond acceptors (Lipinski definition) is 6. The summed E-state index contributed by atoms with van der Waals surface area (Å²) >= 11 is 7.67. The Morgan fingerprint density at radius 2 is 1.97 bits per heavy atom. The number of fused-ring (bicyclic) bond motifs is 1. The van der Waals surface area contributed by atoms with Crippen molar-refractivity contribution in [2.75, 3.05) is 26.2 Å². The van der Waals surface area contributed by atoms with Crippen LogP contribution >= 0.6 is 22.9 Å². The lowest BCUT2D eigenvalue weighted by atomic mass is 9.98. The summed E-state index contributed by atoms with van der Waals surface area (Å²) in [5.74, 6) is -0.411. The average Bonchev–Trinajstić information content (AvgIpc) is 3.30. The monoisotopic (exact) mass is 462 g/mol. The number of benzene rings is 1. The highest BCUT2D eigenvalue weighted by Gasteiger charge is 2.23. The number of carbonyl (C=O) groups excluding carboxylic acids is 1. The number of aromatic nitrogens is 2. The van der Waals surface area contributed by atoms with E-state index in [2.05, 4.69) is 31.1 Å². The van der Waals surface area contributed by atoms with Gasteiger partial charge in [-0.25, -0.2) is 9.78 Å². The van der Waals surface area contributed by atoms with Gasteiger partial charge in [-0.2, -0.15) is 0 Å². The first-order valence-electron chi connectivity index (χ1n) is 10.4. The smallest absolute Gasteiger partial charge is 0.408 e. The molecule has 9 heteroatoms. The van der Waals surface area contributed by atoms with E-state index in [9.17, 15) is 9.59 Å². The molecule has 166 valence electrons. The first-order chi connectivity index (χ1) is 14.7. The zero-order valence-electron chi connectivity index (χ0n) is 18.1. The van der Waals surface area contributed by atoms with Crippen molar-refractivity contribution >= 4 is 39.9 Å². The Morgan fingerprint density at radius 1 is 1.23 bits per heavy atom. The van der Waals surface area contributed by atoms with Gasteiger partial charge in [0.15, 0.2) is 5.58 Å². The summed E-state index contributed by atoms with van der Waals surface area (Å²) in [5, 5.41) is 3.80. The summed E-state index contributed by atoms with van der Waals surface area (Å²) < 4.78 is 6.73. The Kier molecular flexibility index (Phi) is 6.23. The molecule has 1 amide bonds. The van der Waals surface area contributed by atoms with Crippen LogP contribution in [0, 0.1) is 0 Å². The van der Waals surface area contributed by atoms with Gasteiger partial charge in [-0.3, -0.25) is 14.3 Å². The number of rotatable bonds is 5. The van der Waals surface area contributed by atoms with Crippen molar-refractivity contribution in [3.63, 3.8) is 0 Å². The standard InChI is InChI=1S/C22H27ClN4O3S/c1-22(2,3)20-24-16(14-31-20)13-25-8-10-26(11-9-25)19(28)6-7-27-17-5-4-15(23)12-18(17)30-21(27)29/h4-5,12,14H,6-11,13H2,1-3H3. The second kappa shape index (κ2) is 8.76. The Hall–Kier alpha value is -2.16. The fourth-order valence-corrected chi connectivity index (χ4v) is 4.79. The molecular formula is C22H27ClN4O3S. The van der Waals surface area contributed by atoms with Crippen LogP contribution in [-0.4, -0.2) is 51.4 Å². The second-order valence-corrected chi connectivity index (χ2v) is 10.2. The van der Waals surface area contributed by atoms with E-state index in [1.807, 2.05) is 4.90 Å². The molecule has 4 rings (SSSR count). The number of nitrogens with zero attached hydrogens (tertiary/aromatic N) is 4. The fourth-order valence-electron chi connectivity index (χ4n) is 3.73. The molecule has 31 heavy (non-hydrogen) atoms.